The van der Waals surface area contributed by atoms with Gasteiger partial charge in [0.15, 0.2) is 0 Å². The summed E-state index contributed by atoms with van der Waals surface area (Å²) in [7, 11) is 2.25. The number of hydrogen-bond acceptors (Lipinski definition) is 2. The maximum atomic E-state index is 2.77. The summed E-state index contributed by atoms with van der Waals surface area (Å²) in [5.41, 5.74) is 0. The number of piperazine rings is 1. The van der Waals surface area contributed by atoms with E-state index in [4.69, 9.17) is 0 Å². The van der Waals surface area contributed by atoms with Gasteiger partial charge in [-0.2, -0.15) is 0 Å². The summed E-state index contributed by atoms with van der Waals surface area (Å²) in [4.78, 5) is 5.24. The van der Waals surface area contributed by atoms with Gasteiger partial charge in [0.1, 0.15) is 0 Å². The SMILES string of the molecule is CCC(C1CCCCC1)N1CCN(C)CC1. The van der Waals surface area contributed by atoms with Crippen LogP contribution in [0.15, 0.2) is 0 Å². The Hall–Kier alpha value is -0.0800. The standard InChI is InChI=1S/C14H28N2/c1-3-14(13-7-5-4-6-8-13)16-11-9-15(2)10-12-16/h13-14H,3-12H2,1-2H3. The van der Waals surface area contributed by atoms with E-state index >= 15 is 0 Å². The zero-order valence-electron chi connectivity index (χ0n) is 11.1. The van der Waals surface area contributed by atoms with Crippen LogP contribution in [0.3, 0.4) is 0 Å². The van der Waals surface area contributed by atoms with Gasteiger partial charge in [-0.05, 0) is 32.2 Å². The van der Waals surface area contributed by atoms with E-state index in [0.717, 1.165) is 12.0 Å². The molecular weight excluding hydrogens is 196 g/mol. The smallest absolute Gasteiger partial charge is 0.0122 e. The third kappa shape index (κ3) is 2.98. The summed E-state index contributed by atoms with van der Waals surface area (Å²) in [6.45, 7) is 7.51. The minimum atomic E-state index is 0.883. The fourth-order valence-electron chi connectivity index (χ4n) is 3.56. The van der Waals surface area contributed by atoms with E-state index in [1.54, 1.807) is 0 Å². The van der Waals surface area contributed by atoms with E-state index in [9.17, 15) is 0 Å². The minimum absolute atomic E-state index is 0.883. The van der Waals surface area contributed by atoms with Gasteiger partial charge in [0.05, 0.1) is 0 Å². The molecule has 1 atom stereocenters. The molecule has 0 N–H and O–H groups in total. The van der Waals surface area contributed by atoms with Gasteiger partial charge in [0.25, 0.3) is 0 Å². The summed E-state index contributed by atoms with van der Waals surface area (Å²) < 4.78 is 0. The molecule has 0 aromatic rings. The number of likely N-dealkylation sites (N-methyl/N-ethyl adjacent to an activating group) is 1. The third-order valence-electron chi connectivity index (χ3n) is 4.62. The summed E-state index contributed by atoms with van der Waals surface area (Å²) in [5, 5.41) is 0. The van der Waals surface area contributed by atoms with Crippen LogP contribution in [0.25, 0.3) is 0 Å². The van der Waals surface area contributed by atoms with Gasteiger partial charge < -0.3 is 4.90 Å². The first-order valence-electron chi connectivity index (χ1n) is 7.24. The summed E-state index contributed by atoms with van der Waals surface area (Å²) in [6.07, 6.45) is 8.78. The fourth-order valence-corrected chi connectivity index (χ4v) is 3.56. The van der Waals surface area contributed by atoms with Crippen molar-refractivity contribution >= 4 is 0 Å². The van der Waals surface area contributed by atoms with E-state index in [0.29, 0.717) is 0 Å². The topological polar surface area (TPSA) is 6.48 Å². The van der Waals surface area contributed by atoms with Crippen LogP contribution in [-0.4, -0.2) is 49.1 Å². The molecule has 1 aliphatic heterocycles. The Kier molecular flexibility index (Phi) is 4.66. The van der Waals surface area contributed by atoms with Crippen molar-refractivity contribution in [3.05, 3.63) is 0 Å². The van der Waals surface area contributed by atoms with Crippen LogP contribution < -0.4 is 0 Å². The molecule has 1 heterocycles. The molecule has 0 amide bonds. The number of rotatable bonds is 3. The molecular formula is C14H28N2. The first kappa shape index (κ1) is 12.4. The normalized spacial score (nSPS) is 28.1. The van der Waals surface area contributed by atoms with E-state index in [1.165, 1.54) is 64.7 Å². The van der Waals surface area contributed by atoms with Gasteiger partial charge in [-0.1, -0.05) is 26.2 Å². The van der Waals surface area contributed by atoms with Crippen molar-refractivity contribution in [3.63, 3.8) is 0 Å². The number of hydrogen-bond donors (Lipinski definition) is 0. The van der Waals surface area contributed by atoms with Crippen molar-refractivity contribution in [1.29, 1.82) is 0 Å². The third-order valence-corrected chi connectivity index (χ3v) is 4.62. The second-order valence-electron chi connectivity index (χ2n) is 5.71. The van der Waals surface area contributed by atoms with Crippen LogP contribution in [0.2, 0.25) is 0 Å². The van der Waals surface area contributed by atoms with Crippen LogP contribution in [0.4, 0.5) is 0 Å². The van der Waals surface area contributed by atoms with Crippen molar-refractivity contribution in [2.75, 3.05) is 33.2 Å². The molecule has 0 aromatic carbocycles. The molecule has 2 nitrogen and oxygen atoms in total. The van der Waals surface area contributed by atoms with Crippen molar-refractivity contribution in [3.8, 4) is 0 Å². The highest BCUT2D eigenvalue weighted by molar-refractivity contribution is 4.83. The van der Waals surface area contributed by atoms with Crippen molar-refractivity contribution in [1.82, 2.24) is 9.80 Å². The predicted molar refractivity (Wildman–Crippen MR) is 69.7 cm³/mol. The molecule has 0 bridgehead atoms. The summed E-state index contributed by atoms with van der Waals surface area (Å²) in [6, 6.07) is 0.883. The zero-order chi connectivity index (χ0) is 11.4. The average Bonchev–Trinajstić information content (AvgIpc) is 2.34. The lowest BCUT2D eigenvalue weighted by molar-refractivity contribution is 0.0653. The van der Waals surface area contributed by atoms with Gasteiger partial charge in [-0.25, -0.2) is 0 Å². The maximum absolute atomic E-state index is 2.77. The van der Waals surface area contributed by atoms with Gasteiger partial charge in [0, 0.05) is 32.2 Å². The molecule has 2 fully saturated rings. The highest BCUT2D eigenvalue weighted by Gasteiger charge is 2.28. The van der Waals surface area contributed by atoms with Crippen LogP contribution in [0, 0.1) is 5.92 Å². The van der Waals surface area contributed by atoms with Gasteiger partial charge in [-0.15, -0.1) is 0 Å². The quantitative estimate of drug-likeness (QED) is 0.727. The molecule has 1 saturated heterocycles. The molecule has 16 heavy (non-hydrogen) atoms. The Morgan fingerprint density at radius 1 is 1.00 bits per heavy atom. The largest absolute Gasteiger partial charge is 0.304 e. The maximum Gasteiger partial charge on any atom is 0.0122 e. The minimum Gasteiger partial charge on any atom is -0.304 e. The Bertz CT molecular complexity index is 191. The van der Waals surface area contributed by atoms with Crippen LogP contribution in [-0.2, 0) is 0 Å². The molecule has 0 aromatic heterocycles. The van der Waals surface area contributed by atoms with E-state index in [-0.39, 0.29) is 0 Å². The second kappa shape index (κ2) is 6.02. The van der Waals surface area contributed by atoms with Gasteiger partial charge in [-0.3, -0.25) is 4.90 Å². The fraction of sp³-hybridized carbons (Fsp3) is 1.00. The zero-order valence-corrected chi connectivity index (χ0v) is 11.1. The Labute approximate surface area is 101 Å². The summed E-state index contributed by atoms with van der Waals surface area (Å²) in [5.74, 6) is 1.00. The van der Waals surface area contributed by atoms with Crippen LogP contribution in [0.1, 0.15) is 45.4 Å². The van der Waals surface area contributed by atoms with E-state index in [2.05, 4.69) is 23.8 Å². The molecule has 1 unspecified atom stereocenters. The van der Waals surface area contributed by atoms with Gasteiger partial charge >= 0.3 is 0 Å². The molecule has 1 saturated carbocycles. The first-order chi connectivity index (χ1) is 7.81. The van der Waals surface area contributed by atoms with Gasteiger partial charge in [0.2, 0.25) is 0 Å². The van der Waals surface area contributed by atoms with Crippen LogP contribution >= 0.6 is 0 Å². The predicted octanol–water partition coefficient (Wildman–Crippen LogP) is 2.59. The van der Waals surface area contributed by atoms with E-state index < -0.39 is 0 Å². The Morgan fingerprint density at radius 3 is 2.19 bits per heavy atom. The Balaban J connectivity index is 1.88. The first-order valence-corrected chi connectivity index (χ1v) is 7.24. The Morgan fingerprint density at radius 2 is 1.62 bits per heavy atom. The summed E-state index contributed by atoms with van der Waals surface area (Å²) >= 11 is 0. The molecule has 2 aliphatic rings. The monoisotopic (exact) mass is 224 g/mol. The molecule has 94 valence electrons. The van der Waals surface area contributed by atoms with Crippen molar-refractivity contribution in [2.24, 2.45) is 5.92 Å². The highest BCUT2D eigenvalue weighted by atomic mass is 15.3. The second-order valence-corrected chi connectivity index (χ2v) is 5.71. The van der Waals surface area contributed by atoms with Crippen molar-refractivity contribution in [2.45, 2.75) is 51.5 Å². The molecule has 0 radical (unpaired) electrons. The van der Waals surface area contributed by atoms with E-state index in [1.807, 2.05) is 0 Å². The lowest BCUT2D eigenvalue weighted by Crippen LogP contribution is -2.51. The average molecular weight is 224 g/mol. The lowest BCUT2D eigenvalue weighted by atomic mass is 9.82. The lowest BCUT2D eigenvalue weighted by Gasteiger charge is -2.42. The molecule has 2 heteroatoms. The molecule has 0 spiro atoms. The number of nitrogens with zero attached hydrogens (tertiary/aromatic N) is 2. The molecule has 1 aliphatic carbocycles. The van der Waals surface area contributed by atoms with Crippen LogP contribution in [0.5, 0.6) is 0 Å². The molecule has 2 rings (SSSR count). The van der Waals surface area contributed by atoms with Crippen molar-refractivity contribution < 1.29 is 0 Å². The highest BCUT2D eigenvalue weighted by Crippen LogP contribution is 2.30.